The molecule has 14 heteroatoms. The summed E-state index contributed by atoms with van der Waals surface area (Å²) in [5.74, 6) is -2.92. The van der Waals surface area contributed by atoms with Gasteiger partial charge in [0.2, 0.25) is 0 Å². The van der Waals surface area contributed by atoms with E-state index in [0.29, 0.717) is 30.3 Å². The zero-order chi connectivity index (χ0) is 30.0. The quantitative estimate of drug-likeness (QED) is 0.148. The molecular weight excluding hydrogens is 734 g/mol. The SMILES string of the molecule is O=C(N[C@H](C(=O)O)C(c1ccc(Cl)cc1)c1ccc(Cl)cc1)c1ccc(I)cc1NS(=O)(=O)c1cccc2nsnc12. The van der Waals surface area contributed by atoms with E-state index in [1.54, 1.807) is 66.7 Å². The number of benzene rings is 4. The van der Waals surface area contributed by atoms with E-state index in [9.17, 15) is 23.1 Å². The Hall–Kier alpha value is -3.30. The fraction of sp³-hybridized carbons (Fsp3) is 0.0714. The highest BCUT2D eigenvalue weighted by atomic mass is 127. The summed E-state index contributed by atoms with van der Waals surface area (Å²) in [4.78, 5) is 26.2. The Labute approximate surface area is 268 Å². The minimum absolute atomic E-state index is 0.0294. The number of carboxylic acid groups (broad SMARTS) is 1. The number of sulfonamides is 1. The Morgan fingerprint density at radius 2 is 1.50 bits per heavy atom. The van der Waals surface area contributed by atoms with Crippen LogP contribution in [0.4, 0.5) is 5.69 Å². The molecule has 4 aromatic carbocycles. The molecule has 0 bridgehead atoms. The van der Waals surface area contributed by atoms with Crippen LogP contribution >= 0.6 is 57.5 Å². The van der Waals surface area contributed by atoms with Crippen LogP contribution in [0.1, 0.15) is 27.4 Å². The summed E-state index contributed by atoms with van der Waals surface area (Å²) in [6.45, 7) is 0. The van der Waals surface area contributed by atoms with E-state index in [0.717, 1.165) is 11.7 Å². The number of nitrogens with one attached hydrogen (secondary N) is 2. The molecule has 1 heterocycles. The highest BCUT2D eigenvalue weighted by Crippen LogP contribution is 2.32. The van der Waals surface area contributed by atoms with Gasteiger partial charge in [0, 0.05) is 19.5 Å². The molecule has 5 aromatic rings. The summed E-state index contributed by atoms with van der Waals surface area (Å²) in [6.07, 6.45) is 0. The third-order valence-electron chi connectivity index (χ3n) is 6.35. The molecule has 0 spiro atoms. The number of aromatic nitrogens is 2. The van der Waals surface area contributed by atoms with E-state index in [-0.39, 0.29) is 21.7 Å². The molecular formula is C28H19Cl2IN4O5S2. The zero-order valence-corrected chi connectivity index (χ0v) is 26.5. The van der Waals surface area contributed by atoms with Gasteiger partial charge in [0.05, 0.1) is 23.0 Å². The molecule has 0 fully saturated rings. The molecule has 0 unspecified atom stereocenters. The summed E-state index contributed by atoms with van der Waals surface area (Å²) in [5.41, 5.74) is 1.69. The van der Waals surface area contributed by atoms with Crippen molar-refractivity contribution in [1.29, 1.82) is 0 Å². The molecule has 5 rings (SSSR count). The lowest BCUT2D eigenvalue weighted by Gasteiger charge is -2.26. The number of aliphatic carboxylic acids is 1. The molecule has 0 aliphatic heterocycles. The van der Waals surface area contributed by atoms with Gasteiger partial charge < -0.3 is 10.4 Å². The molecule has 1 atom stereocenters. The van der Waals surface area contributed by atoms with E-state index in [1.165, 1.54) is 18.2 Å². The van der Waals surface area contributed by atoms with Crippen molar-refractivity contribution in [1.82, 2.24) is 14.1 Å². The summed E-state index contributed by atoms with van der Waals surface area (Å²) in [7, 11) is -4.21. The fourth-order valence-electron chi connectivity index (χ4n) is 4.42. The molecule has 0 aliphatic rings. The van der Waals surface area contributed by atoms with Crippen LogP contribution in [0.25, 0.3) is 11.0 Å². The fourth-order valence-corrected chi connectivity index (χ4v) is 7.00. The van der Waals surface area contributed by atoms with Crippen molar-refractivity contribution in [3.05, 3.63) is 115 Å². The average molecular weight is 753 g/mol. The van der Waals surface area contributed by atoms with E-state index >= 15 is 0 Å². The molecule has 0 saturated heterocycles. The minimum Gasteiger partial charge on any atom is -0.480 e. The first-order valence-electron chi connectivity index (χ1n) is 12.1. The zero-order valence-electron chi connectivity index (χ0n) is 21.2. The van der Waals surface area contributed by atoms with Crippen molar-refractivity contribution in [3.8, 4) is 0 Å². The lowest BCUT2D eigenvalue weighted by molar-refractivity contribution is -0.139. The van der Waals surface area contributed by atoms with Gasteiger partial charge in [-0.05, 0) is 88.3 Å². The van der Waals surface area contributed by atoms with E-state index < -0.39 is 33.9 Å². The molecule has 1 amide bonds. The number of halogens is 3. The van der Waals surface area contributed by atoms with Gasteiger partial charge in [0.1, 0.15) is 22.0 Å². The number of anilines is 1. The predicted molar refractivity (Wildman–Crippen MR) is 171 cm³/mol. The Balaban J connectivity index is 1.52. The van der Waals surface area contributed by atoms with Crippen LogP contribution in [0.2, 0.25) is 10.0 Å². The van der Waals surface area contributed by atoms with Crippen molar-refractivity contribution >= 4 is 96.1 Å². The largest absolute Gasteiger partial charge is 0.480 e. The molecule has 1 aromatic heterocycles. The van der Waals surface area contributed by atoms with Crippen LogP contribution in [0.15, 0.2) is 89.8 Å². The standard InChI is InChI=1S/C28H19Cl2IN4O5S2/c29-17-8-4-15(5-9-17)24(16-6-10-18(30)11-7-16)26(28(37)38)32-27(36)20-13-12-19(31)14-22(20)35-42(39,40)23-3-1-2-21-25(23)34-41-33-21/h1-14,24,26,35H,(H,32,36)(H,37,38)/t26-/m0/s1. The first-order chi connectivity index (χ1) is 20.0. The van der Waals surface area contributed by atoms with Crippen LogP contribution in [0, 0.1) is 3.57 Å². The molecule has 9 nitrogen and oxygen atoms in total. The van der Waals surface area contributed by atoms with Crippen LogP contribution in [-0.2, 0) is 14.8 Å². The second-order valence-corrected chi connectivity index (χ2v) is 13.4. The van der Waals surface area contributed by atoms with Gasteiger partial charge in [0.15, 0.2) is 0 Å². The normalized spacial score (nSPS) is 12.3. The maximum Gasteiger partial charge on any atom is 0.327 e. The van der Waals surface area contributed by atoms with Gasteiger partial charge in [-0.15, -0.1) is 0 Å². The van der Waals surface area contributed by atoms with Gasteiger partial charge in [-0.3, -0.25) is 9.52 Å². The van der Waals surface area contributed by atoms with Gasteiger partial charge >= 0.3 is 5.97 Å². The smallest absolute Gasteiger partial charge is 0.327 e. The first kappa shape index (κ1) is 30.2. The summed E-state index contributed by atoms with van der Waals surface area (Å²) in [6, 6.07) is 20.9. The molecule has 0 radical (unpaired) electrons. The molecule has 42 heavy (non-hydrogen) atoms. The number of carboxylic acids is 1. The lowest BCUT2D eigenvalue weighted by Crippen LogP contribution is -2.45. The van der Waals surface area contributed by atoms with Crippen LogP contribution in [-0.4, -0.2) is 40.2 Å². The van der Waals surface area contributed by atoms with Crippen LogP contribution in [0.5, 0.6) is 0 Å². The van der Waals surface area contributed by atoms with Crippen LogP contribution < -0.4 is 10.0 Å². The Bertz CT molecular complexity index is 1860. The number of nitrogens with zero attached hydrogens (tertiary/aromatic N) is 2. The first-order valence-corrected chi connectivity index (χ1v) is 16.2. The van der Waals surface area contributed by atoms with Crippen molar-refractivity contribution in [2.24, 2.45) is 0 Å². The number of amides is 1. The lowest BCUT2D eigenvalue weighted by atomic mass is 9.84. The van der Waals surface area contributed by atoms with Gasteiger partial charge in [0.25, 0.3) is 15.9 Å². The minimum atomic E-state index is -4.21. The topological polar surface area (TPSA) is 138 Å². The van der Waals surface area contributed by atoms with Crippen molar-refractivity contribution in [3.63, 3.8) is 0 Å². The predicted octanol–water partition coefficient (Wildman–Crippen LogP) is 6.42. The highest BCUT2D eigenvalue weighted by molar-refractivity contribution is 14.1. The third kappa shape index (κ3) is 6.52. The van der Waals surface area contributed by atoms with Crippen molar-refractivity contribution < 1.29 is 23.1 Å². The monoisotopic (exact) mass is 752 g/mol. The van der Waals surface area contributed by atoms with E-state index in [4.69, 9.17) is 23.2 Å². The van der Waals surface area contributed by atoms with Gasteiger partial charge in [-0.25, -0.2) is 13.2 Å². The third-order valence-corrected chi connectivity index (χ3v) is 9.47. The van der Waals surface area contributed by atoms with E-state index in [2.05, 4.69) is 18.8 Å². The average Bonchev–Trinajstić information content (AvgIpc) is 3.43. The Morgan fingerprint density at radius 3 is 2.10 bits per heavy atom. The van der Waals surface area contributed by atoms with Gasteiger partial charge in [-0.2, -0.15) is 8.75 Å². The number of rotatable bonds is 9. The van der Waals surface area contributed by atoms with Crippen molar-refractivity contribution in [2.75, 3.05) is 4.72 Å². The molecule has 3 N–H and O–H groups in total. The second-order valence-electron chi connectivity index (χ2n) is 9.05. The maximum atomic E-state index is 13.7. The second kappa shape index (κ2) is 12.5. The number of carbonyl (C=O) groups is 2. The molecule has 0 aliphatic carbocycles. The van der Waals surface area contributed by atoms with Crippen LogP contribution in [0.3, 0.4) is 0 Å². The Morgan fingerprint density at radius 1 is 0.881 bits per heavy atom. The maximum absolute atomic E-state index is 13.7. The highest BCUT2D eigenvalue weighted by Gasteiger charge is 2.33. The van der Waals surface area contributed by atoms with Crippen molar-refractivity contribution in [2.45, 2.75) is 16.9 Å². The summed E-state index contributed by atoms with van der Waals surface area (Å²) in [5, 5.41) is 13.8. The number of carbonyl (C=O) groups excluding carboxylic acids is 1. The number of hydrogen-bond donors (Lipinski definition) is 3. The summed E-state index contributed by atoms with van der Waals surface area (Å²) < 4.78 is 38.2. The van der Waals surface area contributed by atoms with E-state index in [1.807, 2.05) is 22.6 Å². The van der Waals surface area contributed by atoms with Gasteiger partial charge in [-0.1, -0.05) is 53.5 Å². The molecule has 0 saturated carbocycles. The number of hydrogen-bond acceptors (Lipinski definition) is 7. The summed E-state index contributed by atoms with van der Waals surface area (Å²) >= 11 is 15.0. The molecule has 214 valence electrons. The number of fused-ring (bicyclic) bond motifs is 1. The Kier molecular flexibility index (Phi) is 8.99.